The number of nitrogens with one attached hydrogen (secondary N) is 1. The number of aromatic nitrogens is 3. The summed E-state index contributed by atoms with van der Waals surface area (Å²) in [6.07, 6.45) is 3.12. The van der Waals surface area contributed by atoms with Crippen molar-refractivity contribution in [2.24, 2.45) is 17.9 Å². The molecule has 1 saturated heterocycles. The average molecular weight is 651 g/mol. The number of hydrogen-bond donors (Lipinski definition) is 4. The quantitative estimate of drug-likeness (QED) is 0.0528. The molecule has 236 valence electrons. The van der Waals surface area contributed by atoms with Gasteiger partial charge < -0.3 is 36.0 Å². The largest absolute Gasteiger partial charge is 0.731 e. The molecule has 0 spiro atoms. The van der Waals surface area contributed by atoms with Crippen LogP contribution in [0.25, 0.3) is 11.1 Å². The van der Waals surface area contributed by atoms with Crippen molar-refractivity contribution in [3.05, 3.63) is 47.7 Å². The zero-order valence-electron chi connectivity index (χ0n) is 23.5. The summed E-state index contributed by atoms with van der Waals surface area (Å²) >= 11 is 0.952. The van der Waals surface area contributed by atoms with Gasteiger partial charge in [-0.15, -0.1) is 16.0 Å². The number of benzene rings is 1. The highest BCUT2D eigenvalue weighted by atomic mass is 32.2. The number of aryl methyl sites for hydroxylation is 2. The number of hydrogen-bond acceptors (Lipinski definition) is 13. The van der Waals surface area contributed by atoms with E-state index in [0.717, 1.165) is 35.4 Å². The van der Waals surface area contributed by atoms with Crippen molar-refractivity contribution in [1.82, 2.24) is 19.3 Å². The van der Waals surface area contributed by atoms with Gasteiger partial charge in [0.2, 0.25) is 6.20 Å². The van der Waals surface area contributed by atoms with Gasteiger partial charge in [0.25, 0.3) is 17.9 Å². The predicted octanol–water partition coefficient (Wildman–Crippen LogP) is -1.20. The lowest BCUT2D eigenvalue weighted by atomic mass is 10.0. The van der Waals surface area contributed by atoms with E-state index >= 15 is 0 Å². The fraction of sp³-hybridized carbons (Fsp3) is 0.360. The third kappa shape index (κ3) is 7.30. The molecule has 3 aromatic rings. The summed E-state index contributed by atoms with van der Waals surface area (Å²) in [5, 5.41) is 17.0. The Morgan fingerprint density at radius 2 is 2.00 bits per heavy atom. The number of nitrogen functional groups attached to an aromatic ring is 1. The number of carbonyl (C=O) groups excluding carboxylic acids is 2. The first-order chi connectivity index (χ1) is 20.8. The number of nitrogens with two attached hydrogens (primary N) is 2. The fourth-order valence-electron chi connectivity index (χ4n) is 4.27. The molecule has 44 heavy (non-hydrogen) atoms. The van der Waals surface area contributed by atoms with Crippen LogP contribution in [0.15, 0.2) is 47.2 Å². The molecule has 2 aromatic heterocycles. The monoisotopic (exact) mass is 650 g/mol. The zero-order chi connectivity index (χ0) is 32.2. The van der Waals surface area contributed by atoms with Gasteiger partial charge in [0.05, 0.1) is 24.3 Å². The Balaban J connectivity index is 1.43. The molecular formula is C25H30N8O9S2. The minimum Gasteiger partial charge on any atom is -0.731 e. The van der Waals surface area contributed by atoms with Gasteiger partial charge >= 0.3 is 5.97 Å². The first kappa shape index (κ1) is 32.3. The highest BCUT2D eigenvalue weighted by Crippen LogP contribution is 2.24. The number of amides is 2. The number of oxime groups is 1. The number of rotatable bonds is 14. The van der Waals surface area contributed by atoms with E-state index < -0.39 is 58.6 Å². The van der Waals surface area contributed by atoms with Crippen LogP contribution in [0.5, 0.6) is 5.75 Å². The van der Waals surface area contributed by atoms with Crippen LogP contribution in [-0.4, -0.2) is 86.9 Å². The summed E-state index contributed by atoms with van der Waals surface area (Å²) in [5.41, 5.74) is 12.5. The Hall–Kier alpha value is -4.59. The molecule has 2 amide bonds. The second-order valence-corrected chi connectivity index (χ2v) is 11.8. The van der Waals surface area contributed by atoms with E-state index in [9.17, 15) is 32.5 Å². The highest BCUT2D eigenvalue weighted by molar-refractivity contribution is 7.84. The molecule has 1 unspecified atom stereocenters. The van der Waals surface area contributed by atoms with Gasteiger partial charge in [-0.1, -0.05) is 17.3 Å². The summed E-state index contributed by atoms with van der Waals surface area (Å²) in [6, 6.07) is 4.41. The maximum absolute atomic E-state index is 13.0. The summed E-state index contributed by atoms with van der Waals surface area (Å²) in [5.74, 6) is -3.29. The lowest BCUT2D eigenvalue weighted by molar-refractivity contribution is -0.753. The maximum Gasteiger partial charge on any atom is 0.351 e. The molecule has 0 aliphatic carbocycles. The van der Waals surface area contributed by atoms with Gasteiger partial charge in [-0.3, -0.25) is 9.59 Å². The van der Waals surface area contributed by atoms with E-state index in [0.29, 0.717) is 12.3 Å². The lowest BCUT2D eigenvalue weighted by Crippen LogP contribution is -2.71. The Labute approximate surface area is 255 Å². The molecular weight excluding hydrogens is 620 g/mol. The smallest absolute Gasteiger partial charge is 0.351 e. The normalized spacial score (nSPS) is 17.6. The number of β-lactam (4-membered cyclic amide) rings is 1. The van der Waals surface area contributed by atoms with Crippen LogP contribution < -0.4 is 26.2 Å². The summed E-state index contributed by atoms with van der Waals surface area (Å²) in [7, 11) is -3.14. The number of carboxylic acids is 1. The number of carboxylic acid groups (broad SMARTS) is 1. The predicted molar refractivity (Wildman–Crippen MR) is 154 cm³/mol. The topological polar surface area (TPSA) is 248 Å². The van der Waals surface area contributed by atoms with Crippen LogP contribution in [-0.2, 0) is 43.1 Å². The Morgan fingerprint density at radius 1 is 1.30 bits per heavy atom. The van der Waals surface area contributed by atoms with E-state index in [-0.39, 0.29) is 15.1 Å². The average Bonchev–Trinajstić information content (AvgIpc) is 3.56. The molecule has 3 atom stereocenters. The van der Waals surface area contributed by atoms with Crippen molar-refractivity contribution in [3.63, 3.8) is 0 Å². The van der Waals surface area contributed by atoms with Crippen molar-refractivity contribution >= 4 is 50.3 Å². The van der Waals surface area contributed by atoms with Gasteiger partial charge in [0.15, 0.2) is 28.2 Å². The van der Waals surface area contributed by atoms with Gasteiger partial charge in [-0.2, -0.15) is 4.68 Å². The molecule has 0 saturated carbocycles. The highest BCUT2D eigenvalue weighted by Gasteiger charge is 2.49. The van der Waals surface area contributed by atoms with Crippen molar-refractivity contribution < 1.29 is 46.7 Å². The van der Waals surface area contributed by atoms with Gasteiger partial charge in [-0.25, -0.2) is 22.5 Å². The van der Waals surface area contributed by atoms with E-state index in [4.69, 9.17) is 21.0 Å². The molecule has 1 fully saturated rings. The van der Waals surface area contributed by atoms with Gasteiger partial charge in [-0.05, 0) is 37.6 Å². The second-order valence-electron chi connectivity index (χ2n) is 9.65. The van der Waals surface area contributed by atoms with Gasteiger partial charge in [0.1, 0.15) is 24.1 Å². The Kier molecular flexibility index (Phi) is 9.82. The van der Waals surface area contributed by atoms with Crippen LogP contribution >= 0.6 is 11.3 Å². The molecule has 19 heteroatoms. The van der Waals surface area contributed by atoms with Crippen molar-refractivity contribution in [2.75, 3.05) is 18.9 Å². The Bertz CT molecular complexity index is 1670. The molecule has 1 aliphatic rings. The maximum atomic E-state index is 13.0. The van der Waals surface area contributed by atoms with E-state index in [1.807, 2.05) is 40.9 Å². The molecule has 4 rings (SSSR count). The molecule has 6 N–H and O–H groups in total. The number of thiazole rings is 1. The first-order valence-electron chi connectivity index (χ1n) is 13.1. The minimum absolute atomic E-state index is 0.0552. The molecule has 17 nitrogen and oxygen atoms in total. The lowest BCUT2D eigenvalue weighted by Gasteiger charge is -2.45. The van der Waals surface area contributed by atoms with Crippen LogP contribution in [0.3, 0.4) is 0 Å². The second kappa shape index (κ2) is 13.4. The van der Waals surface area contributed by atoms with Crippen LogP contribution in [0, 0.1) is 0 Å². The molecule has 1 aromatic carbocycles. The summed E-state index contributed by atoms with van der Waals surface area (Å²) in [4.78, 5) is 46.2. The first-order valence-corrected chi connectivity index (χ1v) is 15.3. The summed E-state index contributed by atoms with van der Waals surface area (Å²) < 4.78 is 43.4. The van der Waals surface area contributed by atoms with Crippen molar-refractivity contribution in [1.29, 1.82) is 0 Å². The standard InChI is InChI=1S/C25H30N8O9S2/c1-14-20(23(35)33(14)44(38,39)40)29-22(34)21(18-13-43-25(27)28-18)30-42-19(24(36)37)12-41-17-6-4-15(5-7-17)16-10-31(2)32(11-16)9-3-8-26/h4-7,10-11,13-14,19-20H,3,8-9,12,26H2,1-2H3,(H4-,27,28,29,34,36,37,38,39,40)/b30-21-/t14-,19?,20+/m1/s1. The Morgan fingerprint density at radius 3 is 2.57 bits per heavy atom. The fourth-order valence-corrected chi connectivity index (χ4v) is 5.68. The van der Waals surface area contributed by atoms with E-state index in [1.165, 1.54) is 12.3 Å². The minimum atomic E-state index is -5.07. The van der Waals surface area contributed by atoms with E-state index in [2.05, 4.69) is 15.5 Å². The summed E-state index contributed by atoms with van der Waals surface area (Å²) in [6.45, 7) is 2.11. The number of anilines is 1. The van der Waals surface area contributed by atoms with Crippen LogP contribution in [0.2, 0.25) is 0 Å². The van der Waals surface area contributed by atoms with Crippen molar-refractivity contribution in [2.45, 2.75) is 38.1 Å². The van der Waals surface area contributed by atoms with Crippen LogP contribution in [0.4, 0.5) is 5.13 Å². The van der Waals surface area contributed by atoms with Crippen molar-refractivity contribution in [3.8, 4) is 16.9 Å². The molecule has 0 bridgehead atoms. The zero-order valence-corrected chi connectivity index (χ0v) is 25.2. The SMILES string of the molecule is C[C@@H]1[C@H](NC(=O)/C(=N\OC(COc2ccc(-c3cn(CCCN)[n+](C)c3)cc2)C(=O)O)c2csc(N)n2)C(=O)N1S(=O)(=O)[O-]. The number of ether oxygens (including phenoxy) is 1. The van der Waals surface area contributed by atoms with E-state index in [1.54, 1.807) is 12.1 Å². The number of nitrogens with zero attached hydrogens (tertiary/aromatic N) is 5. The molecule has 1 aliphatic heterocycles. The third-order valence-electron chi connectivity index (χ3n) is 6.59. The van der Waals surface area contributed by atoms with Gasteiger partial charge in [0, 0.05) is 5.38 Å². The van der Waals surface area contributed by atoms with Crippen LogP contribution in [0.1, 0.15) is 19.0 Å². The molecule has 3 heterocycles. The third-order valence-corrected chi connectivity index (χ3v) is 8.26. The molecule has 0 radical (unpaired) electrons. The number of aliphatic carboxylic acids is 1. The number of carbonyl (C=O) groups is 3.